The lowest BCUT2D eigenvalue weighted by Gasteiger charge is -2.36. The van der Waals surface area contributed by atoms with Crippen LogP contribution in [0.4, 0.5) is 11.4 Å². The van der Waals surface area contributed by atoms with Crippen molar-refractivity contribution in [3.8, 4) is 0 Å². The average molecular weight is 400 g/mol. The van der Waals surface area contributed by atoms with Gasteiger partial charge in [-0.15, -0.1) is 0 Å². The third kappa shape index (κ3) is 4.23. The molecule has 3 heterocycles. The fourth-order valence-corrected chi connectivity index (χ4v) is 3.98. The number of hydrogen-bond acceptors (Lipinski definition) is 5. The first-order chi connectivity index (χ1) is 13.6. The van der Waals surface area contributed by atoms with E-state index in [0.29, 0.717) is 18.8 Å². The molecule has 2 aliphatic rings. The second-order valence-electron chi connectivity index (χ2n) is 7.45. The van der Waals surface area contributed by atoms with Crippen LogP contribution in [0.1, 0.15) is 10.5 Å². The summed E-state index contributed by atoms with van der Waals surface area (Å²) < 4.78 is 0. The van der Waals surface area contributed by atoms with E-state index in [9.17, 15) is 4.79 Å². The SMILES string of the molecule is CN1CCN(c2ccnc(C(=O)N3CCN(c4cccc(Cl)c4)CC3)c2)CC1. The van der Waals surface area contributed by atoms with Gasteiger partial charge in [-0.2, -0.15) is 0 Å². The molecule has 1 aromatic carbocycles. The molecule has 0 bridgehead atoms. The number of amides is 1. The summed E-state index contributed by atoms with van der Waals surface area (Å²) in [6, 6.07) is 11.8. The van der Waals surface area contributed by atoms with Crippen molar-refractivity contribution < 1.29 is 4.79 Å². The van der Waals surface area contributed by atoms with Crippen LogP contribution in [0.15, 0.2) is 42.6 Å². The molecule has 7 heteroatoms. The van der Waals surface area contributed by atoms with Crippen LogP contribution in [0.5, 0.6) is 0 Å². The number of anilines is 2. The predicted molar refractivity (Wildman–Crippen MR) is 114 cm³/mol. The van der Waals surface area contributed by atoms with Crippen LogP contribution in [0, 0.1) is 0 Å². The summed E-state index contributed by atoms with van der Waals surface area (Å²) in [6.45, 7) is 7.00. The number of halogens is 1. The molecule has 2 aliphatic heterocycles. The van der Waals surface area contributed by atoms with Gasteiger partial charge in [0.15, 0.2) is 0 Å². The highest BCUT2D eigenvalue weighted by Crippen LogP contribution is 2.22. The number of carbonyl (C=O) groups excluding carboxylic acids is 1. The fraction of sp³-hybridized carbons (Fsp3) is 0.429. The lowest BCUT2D eigenvalue weighted by Crippen LogP contribution is -2.49. The van der Waals surface area contributed by atoms with Gasteiger partial charge < -0.3 is 19.6 Å². The van der Waals surface area contributed by atoms with Crippen molar-refractivity contribution in [3.63, 3.8) is 0 Å². The van der Waals surface area contributed by atoms with Gasteiger partial charge in [0.25, 0.3) is 5.91 Å². The van der Waals surface area contributed by atoms with Crippen molar-refractivity contribution in [3.05, 3.63) is 53.3 Å². The topological polar surface area (TPSA) is 42.9 Å². The van der Waals surface area contributed by atoms with E-state index in [0.717, 1.165) is 55.7 Å². The monoisotopic (exact) mass is 399 g/mol. The van der Waals surface area contributed by atoms with Gasteiger partial charge >= 0.3 is 0 Å². The maximum atomic E-state index is 13.0. The predicted octanol–water partition coefficient (Wildman–Crippen LogP) is 2.45. The number of hydrogen-bond donors (Lipinski definition) is 0. The highest BCUT2D eigenvalue weighted by atomic mass is 35.5. The Hall–Kier alpha value is -2.31. The van der Waals surface area contributed by atoms with Gasteiger partial charge in [0.2, 0.25) is 0 Å². The minimum absolute atomic E-state index is 0.0155. The van der Waals surface area contributed by atoms with E-state index in [1.165, 1.54) is 0 Å². The highest BCUT2D eigenvalue weighted by molar-refractivity contribution is 6.30. The second-order valence-corrected chi connectivity index (χ2v) is 7.89. The maximum Gasteiger partial charge on any atom is 0.272 e. The summed E-state index contributed by atoms with van der Waals surface area (Å²) in [5.74, 6) is 0.0155. The zero-order valence-electron chi connectivity index (χ0n) is 16.2. The number of aromatic nitrogens is 1. The molecule has 0 saturated carbocycles. The Bertz CT molecular complexity index is 829. The Labute approximate surface area is 171 Å². The third-order valence-corrected chi connectivity index (χ3v) is 5.81. The average Bonchev–Trinajstić information content (AvgIpc) is 2.74. The number of likely N-dealkylation sites (N-methyl/N-ethyl adjacent to an activating group) is 1. The molecule has 28 heavy (non-hydrogen) atoms. The van der Waals surface area contributed by atoms with Gasteiger partial charge in [0.05, 0.1) is 0 Å². The van der Waals surface area contributed by atoms with Crippen LogP contribution in [0.25, 0.3) is 0 Å². The lowest BCUT2D eigenvalue weighted by atomic mass is 10.2. The minimum Gasteiger partial charge on any atom is -0.369 e. The van der Waals surface area contributed by atoms with Crippen molar-refractivity contribution in [1.29, 1.82) is 0 Å². The zero-order chi connectivity index (χ0) is 19.5. The Kier molecular flexibility index (Phi) is 5.69. The smallest absolute Gasteiger partial charge is 0.272 e. The molecule has 2 fully saturated rings. The van der Waals surface area contributed by atoms with Gasteiger partial charge in [-0.3, -0.25) is 9.78 Å². The van der Waals surface area contributed by atoms with Crippen molar-refractivity contribution >= 4 is 28.9 Å². The number of piperazine rings is 2. The molecule has 0 unspecified atom stereocenters. The van der Waals surface area contributed by atoms with E-state index in [4.69, 9.17) is 11.6 Å². The molecule has 0 N–H and O–H groups in total. The number of carbonyl (C=O) groups is 1. The highest BCUT2D eigenvalue weighted by Gasteiger charge is 2.24. The molecule has 2 aromatic rings. The summed E-state index contributed by atoms with van der Waals surface area (Å²) in [7, 11) is 2.14. The standard InChI is InChI=1S/C21H26ClN5O/c1-24-7-9-25(10-8-24)19-5-6-23-20(16-19)21(28)27-13-11-26(12-14-27)18-4-2-3-17(22)15-18/h2-6,15-16H,7-14H2,1H3. The largest absolute Gasteiger partial charge is 0.369 e. The summed E-state index contributed by atoms with van der Waals surface area (Å²) in [4.78, 5) is 26.2. The lowest BCUT2D eigenvalue weighted by molar-refractivity contribution is 0.0741. The van der Waals surface area contributed by atoms with E-state index < -0.39 is 0 Å². The number of nitrogens with zero attached hydrogens (tertiary/aromatic N) is 5. The molecule has 0 atom stereocenters. The van der Waals surface area contributed by atoms with E-state index in [2.05, 4.69) is 32.8 Å². The normalized spacial score (nSPS) is 18.4. The van der Waals surface area contributed by atoms with Crippen molar-refractivity contribution in [1.82, 2.24) is 14.8 Å². The summed E-state index contributed by atoms with van der Waals surface area (Å²) in [5, 5.41) is 0.737. The summed E-state index contributed by atoms with van der Waals surface area (Å²) in [6.07, 6.45) is 1.75. The van der Waals surface area contributed by atoms with Gasteiger partial charge in [-0.25, -0.2) is 0 Å². The van der Waals surface area contributed by atoms with Crippen LogP contribution in [-0.2, 0) is 0 Å². The number of pyridine rings is 1. The Morgan fingerprint density at radius 2 is 1.54 bits per heavy atom. The van der Waals surface area contributed by atoms with Crippen molar-refractivity contribution in [2.75, 3.05) is 69.2 Å². The van der Waals surface area contributed by atoms with Gasteiger partial charge in [0, 0.05) is 75.0 Å². The van der Waals surface area contributed by atoms with Crippen LogP contribution in [0.2, 0.25) is 5.02 Å². The van der Waals surface area contributed by atoms with Crippen molar-refractivity contribution in [2.24, 2.45) is 0 Å². The van der Waals surface area contributed by atoms with Crippen LogP contribution in [0.3, 0.4) is 0 Å². The molecular weight excluding hydrogens is 374 g/mol. The van der Waals surface area contributed by atoms with Crippen LogP contribution >= 0.6 is 11.6 Å². The van der Waals surface area contributed by atoms with Crippen LogP contribution < -0.4 is 9.80 Å². The Morgan fingerprint density at radius 3 is 2.21 bits per heavy atom. The van der Waals surface area contributed by atoms with Gasteiger partial charge in [0.1, 0.15) is 5.69 Å². The van der Waals surface area contributed by atoms with E-state index in [1.54, 1.807) is 6.20 Å². The molecule has 0 spiro atoms. The molecule has 0 radical (unpaired) electrons. The van der Waals surface area contributed by atoms with E-state index in [-0.39, 0.29) is 5.91 Å². The molecule has 1 aromatic heterocycles. The van der Waals surface area contributed by atoms with E-state index in [1.807, 2.05) is 35.2 Å². The zero-order valence-corrected chi connectivity index (χ0v) is 17.0. The van der Waals surface area contributed by atoms with Gasteiger partial charge in [-0.05, 0) is 37.4 Å². The molecule has 148 valence electrons. The molecule has 0 aliphatic carbocycles. The maximum absolute atomic E-state index is 13.0. The molecule has 1 amide bonds. The molecule has 6 nitrogen and oxygen atoms in total. The van der Waals surface area contributed by atoms with Crippen LogP contribution in [-0.4, -0.2) is 80.1 Å². The molecule has 4 rings (SSSR count). The summed E-state index contributed by atoms with van der Waals surface area (Å²) >= 11 is 6.10. The first kappa shape index (κ1) is 19.0. The summed E-state index contributed by atoms with van der Waals surface area (Å²) in [5.41, 5.74) is 2.73. The quantitative estimate of drug-likeness (QED) is 0.793. The minimum atomic E-state index is 0.0155. The van der Waals surface area contributed by atoms with E-state index >= 15 is 0 Å². The first-order valence-electron chi connectivity index (χ1n) is 9.79. The third-order valence-electron chi connectivity index (χ3n) is 5.57. The second kappa shape index (κ2) is 8.37. The molecule has 2 saturated heterocycles. The Morgan fingerprint density at radius 1 is 0.893 bits per heavy atom. The van der Waals surface area contributed by atoms with Gasteiger partial charge in [-0.1, -0.05) is 17.7 Å². The first-order valence-corrected chi connectivity index (χ1v) is 10.2. The number of rotatable bonds is 3. The fourth-order valence-electron chi connectivity index (χ4n) is 3.80. The Balaban J connectivity index is 1.39. The number of benzene rings is 1. The van der Waals surface area contributed by atoms with Crippen molar-refractivity contribution in [2.45, 2.75) is 0 Å². The molecular formula is C21H26ClN5O.